The first-order chi connectivity index (χ1) is 12.2. The predicted molar refractivity (Wildman–Crippen MR) is 92.3 cm³/mol. The molecule has 4 rings (SSSR count). The summed E-state index contributed by atoms with van der Waals surface area (Å²) in [4.78, 5) is 18.8. The first-order valence-corrected chi connectivity index (χ1v) is 8.84. The van der Waals surface area contributed by atoms with E-state index in [9.17, 15) is 4.79 Å². The number of rotatable bonds is 2. The largest absolute Gasteiger partial charge is 0.381 e. The van der Waals surface area contributed by atoms with Crippen LogP contribution >= 0.6 is 0 Å². The maximum absolute atomic E-state index is 12.7. The van der Waals surface area contributed by atoms with Crippen molar-refractivity contribution in [1.29, 1.82) is 0 Å². The van der Waals surface area contributed by atoms with Crippen molar-refractivity contribution in [2.24, 2.45) is 5.41 Å². The second-order valence-corrected chi connectivity index (χ2v) is 6.97. The van der Waals surface area contributed by atoms with Crippen LogP contribution in [-0.4, -0.2) is 59.8 Å². The van der Waals surface area contributed by atoms with E-state index in [0.717, 1.165) is 50.4 Å². The van der Waals surface area contributed by atoms with Crippen LogP contribution in [0.3, 0.4) is 0 Å². The summed E-state index contributed by atoms with van der Waals surface area (Å²) in [7, 11) is 0. The van der Waals surface area contributed by atoms with Crippen molar-refractivity contribution in [3.05, 3.63) is 36.3 Å². The molecule has 0 aliphatic carbocycles. The summed E-state index contributed by atoms with van der Waals surface area (Å²) in [6.45, 7) is 4.68. The molecule has 2 aromatic heterocycles. The highest BCUT2D eigenvalue weighted by atomic mass is 16.5. The van der Waals surface area contributed by atoms with Crippen LogP contribution in [0.25, 0.3) is 5.65 Å². The lowest BCUT2D eigenvalue weighted by Gasteiger charge is -2.38. The van der Waals surface area contributed by atoms with Crippen molar-refractivity contribution in [2.75, 3.05) is 39.5 Å². The molecule has 134 valence electrons. The molecule has 7 nitrogen and oxygen atoms in total. The van der Waals surface area contributed by atoms with Crippen LogP contribution in [0.15, 0.2) is 30.7 Å². The van der Waals surface area contributed by atoms with Gasteiger partial charge in [-0.2, -0.15) is 0 Å². The maximum Gasteiger partial charge on any atom is 0.317 e. The van der Waals surface area contributed by atoms with Crippen molar-refractivity contribution in [1.82, 2.24) is 19.6 Å². The van der Waals surface area contributed by atoms with E-state index in [1.807, 2.05) is 33.8 Å². The number of ether oxygens (including phenoxy) is 2. The third-order valence-corrected chi connectivity index (χ3v) is 5.19. The summed E-state index contributed by atoms with van der Waals surface area (Å²) < 4.78 is 13.2. The van der Waals surface area contributed by atoms with Crippen LogP contribution in [0.4, 0.5) is 4.79 Å². The number of pyridine rings is 1. The summed E-state index contributed by atoms with van der Waals surface area (Å²) in [5.41, 5.74) is 1.97. The van der Waals surface area contributed by atoms with Crippen LogP contribution < -0.4 is 5.32 Å². The molecule has 25 heavy (non-hydrogen) atoms. The summed E-state index contributed by atoms with van der Waals surface area (Å²) >= 11 is 0. The van der Waals surface area contributed by atoms with Crippen LogP contribution in [-0.2, 0) is 16.0 Å². The molecule has 1 spiro atoms. The van der Waals surface area contributed by atoms with Gasteiger partial charge in [-0.05, 0) is 30.5 Å². The second-order valence-electron chi connectivity index (χ2n) is 6.97. The molecule has 4 heterocycles. The Labute approximate surface area is 146 Å². The summed E-state index contributed by atoms with van der Waals surface area (Å²) in [5, 5.41) is 3.04. The Morgan fingerprint density at radius 3 is 3.00 bits per heavy atom. The molecule has 2 aliphatic heterocycles. The fourth-order valence-corrected chi connectivity index (χ4v) is 3.63. The van der Waals surface area contributed by atoms with Gasteiger partial charge in [-0.3, -0.25) is 0 Å². The van der Waals surface area contributed by atoms with Gasteiger partial charge in [0.25, 0.3) is 0 Å². The lowest BCUT2D eigenvalue weighted by Crippen LogP contribution is -2.47. The molecule has 2 saturated heterocycles. The third kappa shape index (κ3) is 3.62. The number of amides is 2. The van der Waals surface area contributed by atoms with E-state index in [1.54, 1.807) is 6.20 Å². The predicted octanol–water partition coefficient (Wildman–Crippen LogP) is 1.67. The van der Waals surface area contributed by atoms with Crippen molar-refractivity contribution in [3.8, 4) is 0 Å². The molecule has 0 aromatic carbocycles. The second kappa shape index (κ2) is 7.01. The molecule has 2 amide bonds. The fraction of sp³-hybridized carbons (Fsp3) is 0.556. The molecule has 2 fully saturated rings. The zero-order valence-corrected chi connectivity index (χ0v) is 14.3. The lowest BCUT2D eigenvalue weighted by atomic mass is 9.80. The van der Waals surface area contributed by atoms with Gasteiger partial charge >= 0.3 is 6.03 Å². The highest BCUT2D eigenvalue weighted by Gasteiger charge is 2.37. The summed E-state index contributed by atoms with van der Waals surface area (Å²) in [6, 6.07) is 3.96. The average Bonchev–Trinajstić information content (AvgIpc) is 3.01. The molecule has 0 bridgehead atoms. The molecule has 0 radical (unpaired) electrons. The van der Waals surface area contributed by atoms with E-state index in [4.69, 9.17) is 9.47 Å². The Morgan fingerprint density at radius 2 is 2.12 bits per heavy atom. The zero-order chi connectivity index (χ0) is 17.1. The van der Waals surface area contributed by atoms with E-state index >= 15 is 0 Å². The molecule has 2 aromatic rings. The number of urea groups is 1. The lowest BCUT2D eigenvalue weighted by molar-refractivity contribution is -0.0295. The van der Waals surface area contributed by atoms with Crippen LogP contribution in [0.5, 0.6) is 0 Å². The maximum atomic E-state index is 12.7. The molecule has 0 saturated carbocycles. The number of hydrogen-bond acceptors (Lipinski definition) is 4. The molecular formula is C18H24N4O3. The Balaban J connectivity index is 1.39. The smallest absolute Gasteiger partial charge is 0.317 e. The fourth-order valence-electron chi connectivity index (χ4n) is 3.63. The van der Waals surface area contributed by atoms with Gasteiger partial charge in [0.15, 0.2) is 0 Å². The topological polar surface area (TPSA) is 68.1 Å². The summed E-state index contributed by atoms with van der Waals surface area (Å²) in [6.07, 6.45) is 7.53. The van der Waals surface area contributed by atoms with Crippen molar-refractivity contribution < 1.29 is 14.3 Å². The van der Waals surface area contributed by atoms with Crippen molar-refractivity contribution in [3.63, 3.8) is 0 Å². The van der Waals surface area contributed by atoms with E-state index in [-0.39, 0.29) is 11.4 Å². The minimum absolute atomic E-state index is 0.0282. The Bertz CT molecular complexity index is 739. The number of hydrogen-bond donors (Lipinski definition) is 1. The van der Waals surface area contributed by atoms with Gasteiger partial charge in [0.1, 0.15) is 5.65 Å². The van der Waals surface area contributed by atoms with Gasteiger partial charge < -0.3 is 24.1 Å². The normalized spacial score (nSPS) is 20.6. The molecule has 0 unspecified atom stereocenters. The Kier molecular flexibility index (Phi) is 4.59. The highest BCUT2D eigenvalue weighted by molar-refractivity contribution is 5.74. The Hall–Kier alpha value is -2.12. The number of nitrogens with zero attached hydrogens (tertiary/aromatic N) is 3. The highest BCUT2D eigenvalue weighted by Crippen LogP contribution is 2.33. The van der Waals surface area contributed by atoms with Gasteiger partial charge in [0.2, 0.25) is 0 Å². The van der Waals surface area contributed by atoms with Gasteiger partial charge in [0, 0.05) is 56.9 Å². The van der Waals surface area contributed by atoms with Crippen LogP contribution in [0.1, 0.15) is 18.4 Å². The van der Waals surface area contributed by atoms with E-state index in [1.165, 1.54) is 0 Å². The SMILES string of the molecule is O=C(NCc1ccn2ccnc2c1)N1CCOCC2(CCOCC2)C1. The van der Waals surface area contributed by atoms with E-state index in [2.05, 4.69) is 10.3 Å². The standard InChI is InChI=1S/C18H24N4O3/c23-17(20-12-15-1-5-21-6-4-19-16(21)11-15)22-7-10-25-14-18(13-22)2-8-24-9-3-18/h1,4-6,11H,2-3,7-10,12-14H2,(H,20,23). The number of imidazole rings is 1. The number of carbonyl (C=O) groups excluding carboxylic acids is 1. The van der Waals surface area contributed by atoms with Crippen LogP contribution in [0, 0.1) is 5.41 Å². The minimum Gasteiger partial charge on any atom is -0.381 e. The number of aromatic nitrogens is 2. The quantitative estimate of drug-likeness (QED) is 0.900. The first-order valence-electron chi connectivity index (χ1n) is 8.84. The number of nitrogens with one attached hydrogen (secondary N) is 1. The Morgan fingerprint density at radius 1 is 1.24 bits per heavy atom. The van der Waals surface area contributed by atoms with Gasteiger partial charge in [-0.25, -0.2) is 9.78 Å². The molecule has 1 N–H and O–H groups in total. The van der Waals surface area contributed by atoms with Gasteiger partial charge in [0.05, 0.1) is 13.2 Å². The summed E-state index contributed by atoms with van der Waals surface area (Å²) in [5.74, 6) is 0. The van der Waals surface area contributed by atoms with Crippen LogP contribution in [0.2, 0.25) is 0 Å². The van der Waals surface area contributed by atoms with Crippen molar-refractivity contribution >= 4 is 11.7 Å². The molecule has 2 aliphatic rings. The molecule has 0 atom stereocenters. The van der Waals surface area contributed by atoms with Gasteiger partial charge in [-0.1, -0.05) is 0 Å². The minimum atomic E-state index is -0.0282. The number of carbonyl (C=O) groups is 1. The zero-order valence-electron chi connectivity index (χ0n) is 14.3. The van der Waals surface area contributed by atoms with E-state index < -0.39 is 0 Å². The first kappa shape index (κ1) is 16.4. The molecule has 7 heteroatoms. The monoisotopic (exact) mass is 344 g/mol. The van der Waals surface area contributed by atoms with Gasteiger partial charge in [-0.15, -0.1) is 0 Å². The molecular weight excluding hydrogens is 320 g/mol. The van der Waals surface area contributed by atoms with E-state index in [0.29, 0.717) is 19.7 Å². The number of fused-ring (bicyclic) bond motifs is 1. The third-order valence-electron chi connectivity index (χ3n) is 5.19. The van der Waals surface area contributed by atoms with Crippen molar-refractivity contribution in [2.45, 2.75) is 19.4 Å². The average molecular weight is 344 g/mol.